The van der Waals surface area contributed by atoms with Crippen LogP contribution in [0.3, 0.4) is 0 Å². The fraction of sp³-hybridized carbons (Fsp3) is 0.158. The first-order valence-corrected chi connectivity index (χ1v) is 8.99. The third-order valence-corrected chi connectivity index (χ3v) is 5.00. The summed E-state index contributed by atoms with van der Waals surface area (Å²) in [5, 5.41) is 0.448. The van der Waals surface area contributed by atoms with E-state index in [1.807, 2.05) is 48.5 Å². The normalized spacial score (nSPS) is 15.9. The summed E-state index contributed by atoms with van der Waals surface area (Å²) in [5.41, 5.74) is 1.76. The Kier molecular flexibility index (Phi) is 5.46. The molecule has 0 spiro atoms. The summed E-state index contributed by atoms with van der Waals surface area (Å²) in [7, 11) is 0. The van der Waals surface area contributed by atoms with Crippen LogP contribution in [-0.4, -0.2) is 22.6 Å². The number of imide groups is 1. The molecule has 1 fully saturated rings. The number of rotatable bonds is 5. The highest BCUT2D eigenvalue weighted by Crippen LogP contribution is 2.32. The topological polar surface area (TPSA) is 46.6 Å². The summed E-state index contributed by atoms with van der Waals surface area (Å²) < 4.78 is 5.73. The SMILES string of the molecule is CCN1C(=O)S/C(=C/c2ccc(OCc3ccccc3Cl)cc2)C1=O. The molecule has 25 heavy (non-hydrogen) atoms. The number of likely N-dealkylation sites (N-methyl/N-ethyl adjacent to an activating group) is 1. The molecule has 2 aromatic carbocycles. The van der Waals surface area contributed by atoms with Crippen molar-refractivity contribution in [1.82, 2.24) is 4.90 Å². The van der Waals surface area contributed by atoms with Gasteiger partial charge < -0.3 is 4.74 Å². The Morgan fingerprint density at radius 3 is 2.48 bits per heavy atom. The van der Waals surface area contributed by atoms with Gasteiger partial charge in [-0.25, -0.2) is 0 Å². The minimum absolute atomic E-state index is 0.224. The second kappa shape index (κ2) is 7.76. The van der Waals surface area contributed by atoms with Crippen LogP contribution in [-0.2, 0) is 11.4 Å². The van der Waals surface area contributed by atoms with Crippen molar-refractivity contribution in [1.29, 1.82) is 0 Å². The summed E-state index contributed by atoms with van der Waals surface area (Å²) in [6, 6.07) is 14.9. The van der Waals surface area contributed by atoms with Crippen molar-refractivity contribution in [2.24, 2.45) is 0 Å². The molecule has 0 aromatic heterocycles. The van der Waals surface area contributed by atoms with Crippen molar-refractivity contribution < 1.29 is 14.3 Å². The minimum Gasteiger partial charge on any atom is -0.489 e. The smallest absolute Gasteiger partial charge is 0.293 e. The molecule has 0 saturated carbocycles. The zero-order valence-electron chi connectivity index (χ0n) is 13.6. The van der Waals surface area contributed by atoms with Crippen molar-refractivity contribution >= 4 is 40.6 Å². The standard InChI is InChI=1S/C19H16ClNO3S/c1-2-21-18(22)17(25-19(21)23)11-13-7-9-15(10-8-13)24-12-14-5-3-4-6-16(14)20/h3-11H,2,12H2,1H3/b17-11+. The fourth-order valence-corrected chi connectivity index (χ4v) is 3.45. The molecular formula is C19H16ClNO3S. The molecule has 0 bridgehead atoms. The lowest BCUT2D eigenvalue weighted by atomic mass is 10.2. The highest BCUT2D eigenvalue weighted by atomic mass is 35.5. The van der Waals surface area contributed by atoms with Gasteiger partial charge in [-0.2, -0.15) is 0 Å². The molecule has 0 unspecified atom stereocenters. The number of ether oxygens (including phenoxy) is 1. The van der Waals surface area contributed by atoms with Crippen LogP contribution in [0.15, 0.2) is 53.4 Å². The van der Waals surface area contributed by atoms with E-state index in [0.717, 1.165) is 22.9 Å². The van der Waals surface area contributed by atoms with Gasteiger partial charge in [0, 0.05) is 17.1 Å². The second-order valence-corrected chi connectivity index (χ2v) is 6.78. The van der Waals surface area contributed by atoms with Gasteiger partial charge in [-0.15, -0.1) is 0 Å². The van der Waals surface area contributed by atoms with Gasteiger partial charge in [-0.3, -0.25) is 14.5 Å². The van der Waals surface area contributed by atoms with Crippen molar-refractivity contribution in [3.63, 3.8) is 0 Å². The maximum atomic E-state index is 12.1. The van der Waals surface area contributed by atoms with E-state index in [1.54, 1.807) is 13.0 Å². The summed E-state index contributed by atoms with van der Waals surface area (Å²) in [5.74, 6) is 0.468. The number of nitrogens with zero attached hydrogens (tertiary/aromatic N) is 1. The highest BCUT2D eigenvalue weighted by Gasteiger charge is 2.33. The van der Waals surface area contributed by atoms with Gasteiger partial charge in [-0.05, 0) is 48.5 Å². The van der Waals surface area contributed by atoms with Gasteiger partial charge >= 0.3 is 0 Å². The van der Waals surface area contributed by atoms with Crippen molar-refractivity contribution in [3.8, 4) is 5.75 Å². The predicted octanol–water partition coefficient (Wildman–Crippen LogP) is 4.98. The van der Waals surface area contributed by atoms with E-state index in [-0.39, 0.29) is 11.1 Å². The fourth-order valence-electron chi connectivity index (χ4n) is 2.36. The predicted molar refractivity (Wildman–Crippen MR) is 101 cm³/mol. The third kappa shape index (κ3) is 4.06. The van der Waals surface area contributed by atoms with Gasteiger partial charge in [0.1, 0.15) is 12.4 Å². The number of amides is 2. The number of hydrogen-bond acceptors (Lipinski definition) is 4. The quantitative estimate of drug-likeness (QED) is 0.694. The Hall–Kier alpha value is -2.24. The number of carbonyl (C=O) groups excluding carboxylic acids is 2. The molecule has 1 heterocycles. The van der Waals surface area contributed by atoms with Gasteiger partial charge in [-0.1, -0.05) is 41.9 Å². The van der Waals surface area contributed by atoms with Crippen LogP contribution in [0, 0.1) is 0 Å². The maximum absolute atomic E-state index is 12.1. The molecule has 2 aromatic rings. The number of halogens is 1. The van der Waals surface area contributed by atoms with Crippen LogP contribution in [0.1, 0.15) is 18.1 Å². The number of benzene rings is 2. The number of carbonyl (C=O) groups is 2. The van der Waals surface area contributed by atoms with Crippen LogP contribution >= 0.6 is 23.4 Å². The van der Waals surface area contributed by atoms with Crippen molar-refractivity contribution in [2.75, 3.05) is 6.54 Å². The first kappa shape index (κ1) is 17.6. The zero-order valence-corrected chi connectivity index (χ0v) is 15.1. The largest absolute Gasteiger partial charge is 0.489 e. The molecular weight excluding hydrogens is 358 g/mol. The highest BCUT2D eigenvalue weighted by molar-refractivity contribution is 8.18. The first-order chi connectivity index (χ1) is 12.1. The second-order valence-electron chi connectivity index (χ2n) is 5.38. The van der Waals surface area contributed by atoms with E-state index in [9.17, 15) is 9.59 Å². The van der Waals surface area contributed by atoms with E-state index in [0.29, 0.717) is 28.8 Å². The van der Waals surface area contributed by atoms with E-state index in [2.05, 4.69) is 0 Å². The van der Waals surface area contributed by atoms with E-state index < -0.39 is 0 Å². The van der Waals surface area contributed by atoms with E-state index >= 15 is 0 Å². The van der Waals surface area contributed by atoms with Crippen LogP contribution in [0.25, 0.3) is 6.08 Å². The lowest BCUT2D eigenvalue weighted by molar-refractivity contribution is -0.122. The lowest BCUT2D eigenvalue weighted by Crippen LogP contribution is -2.27. The van der Waals surface area contributed by atoms with Crippen molar-refractivity contribution in [3.05, 3.63) is 69.6 Å². The molecule has 0 aliphatic carbocycles. The molecule has 1 saturated heterocycles. The Labute approximate surface area is 155 Å². The monoisotopic (exact) mass is 373 g/mol. The van der Waals surface area contributed by atoms with Crippen LogP contribution < -0.4 is 4.74 Å². The molecule has 1 aliphatic rings. The Morgan fingerprint density at radius 2 is 1.84 bits per heavy atom. The average Bonchev–Trinajstić information content (AvgIpc) is 2.88. The minimum atomic E-state index is -0.239. The van der Waals surface area contributed by atoms with Gasteiger partial charge in [0.25, 0.3) is 11.1 Å². The Morgan fingerprint density at radius 1 is 1.12 bits per heavy atom. The van der Waals surface area contributed by atoms with Gasteiger partial charge in [0.15, 0.2) is 0 Å². The molecule has 2 amide bonds. The Balaban J connectivity index is 1.67. The average molecular weight is 374 g/mol. The molecule has 128 valence electrons. The molecule has 1 aliphatic heterocycles. The van der Waals surface area contributed by atoms with E-state index in [4.69, 9.17) is 16.3 Å². The molecule has 0 atom stereocenters. The number of hydrogen-bond donors (Lipinski definition) is 0. The van der Waals surface area contributed by atoms with Crippen LogP contribution in [0.2, 0.25) is 5.02 Å². The summed E-state index contributed by atoms with van der Waals surface area (Å²) in [6.45, 7) is 2.55. The summed E-state index contributed by atoms with van der Waals surface area (Å²) in [6.07, 6.45) is 1.72. The third-order valence-electron chi connectivity index (χ3n) is 3.72. The van der Waals surface area contributed by atoms with E-state index in [1.165, 1.54) is 4.90 Å². The summed E-state index contributed by atoms with van der Waals surface area (Å²) in [4.78, 5) is 25.5. The van der Waals surface area contributed by atoms with Crippen LogP contribution in [0.5, 0.6) is 5.75 Å². The maximum Gasteiger partial charge on any atom is 0.293 e. The summed E-state index contributed by atoms with van der Waals surface area (Å²) >= 11 is 7.07. The molecule has 4 nitrogen and oxygen atoms in total. The molecule has 0 N–H and O–H groups in total. The zero-order chi connectivity index (χ0) is 17.8. The van der Waals surface area contributed by atoms with Gasteiger partial charge in [0.2, 0.25) is 0 Å². The molecule has 6 heteroatoms. The van der Waals surface area contributed by atoms with Gasteiger partial charge in [0.05, 0.1) is 4.91 Å². The molecule has 0 radical (unpaired) electrons. The first-order valence-electron chi connectivity index (χ1n) is 7.80. The van der Waals surface area contributed by atoms with Crippen LogP contribution in [0.4, 0.5) is 4.79 Å². The Bertz CT molecular complexity index is 833. The molecule has 3 rings (SSSR count). The van der Waals surface area contributed by atoms with Crippen molar-refractivity contribution in [2.45, 2.75) is 13.5 Å². The lowest BCUT2D eigenvalue weighted by Gasteiger charge is -2.08. The number of thioether (sulfide) groups is 1.